The fraction of sp³-hybridized carbons (Fsp3) is 0.781. The molecule has 3 N–H and O–H groups in total. The molecule has 0 aromatic heterocycles. The van der Waals surface area contributed by atoms with Gasteiger partial charge in [-0.2, -0.15) is 0 Å². The number of allylic oxidation sites excluding steroid dienone is 12. The molecule has 1 aliphatic rings. The Morgan fingerprint density at radius 1 is 0.388 bits per heavy atom. The van der Waals surface area contributed by atoms with E-state index in [0.29, 0.717) is 19.3 Å². The highest BCUT2D eigenvalue weighted by atomic mass is 16.7. The summed E-state index contributed by atoms with van der Waals surface area (Å²) >= 11 is 0. The van der Waals surface area contributed by atoms with Gasteiger partial charge in [-0.3, -0.25) is 14.4 Å². The van der Waals surface area contributed by atoms with E-state index in [2.05, 4.69) is 93.7 Å². The number of hydrogen-bond acceptors (Lipinski definition) is 11. The minimum Gasteiger partial charge on any atom is -0.479 e. The summed E-state index contributed by atoms with van der Waals surface area (Å²) in [6.07, 6.45) is 65.6. The molecular weight excluding hydrogens is 1070 g/mol. The number of hydrogen-bond donors (Lipinski definition) is 3. The zero-order valence-electron chi connectivity index (χ0n) is 54.3. The third-order valence-electron chi connectivity index (χ3n) is 15.8. The number of aliphatic carboxylic acids is 1. The molecule has 0 radical (unpaired) electrons. The second-order valence-corrected chi connectivity index (χ2v) is 23.8. The third-order valence-corrected chi connectivity index (χ3v) is 15.8. The van der Waals surface area contributed by atoms with Crippen LogP contribution in [0.5, 0.6) is 0 Å². The number of carboxylic acid groups (broad SMARTS) is 1. The van der Waals surface area contributed by atoms with Gasteiger partial charge in [-0.05, 0) is 96.3 Å². The summed E-state index contributed by atoms with van der Waals surface area (Å²) in [5.41, 5.74) is 0. The van der Waals surface area contributed by atoms with Crippen molar-refractivity contribution >= 4 is 23.9 Å². The SMILES string of the molecule is CCCCC/C=C\C/C=C\C/C=C\CCCCCCCCC(=O)OCC(COC1OC(C(=O)O)C(O)C(O)C1OC(=O)CCCCCCCC/C=C\C/C=C\C/C=C\CCCCC)OC(=O)CCCCCCCCCCCCCCCCCCC. The van der Waals surface area contributed by atoms with Gasteiger partial charge in [0.1, 0.15) is 18.8 Å². The Morgan fingerprint density at radius 2 is 0.706 bits per heavy atom. The first kappa shape index (κ1) is 79.2. The Labute approximate surface area is 518 Å². The zero-order valence-corrected chi connectivity index (χ0v) is 54.3. The first-order valence-electron chi connectivity index (χ1n) is 34.9. The van der Waals surface area contributed by atoms with Gasteiger partial charge in [0.15, 0.2) is 24.6 Å². The van der Waals surface area contributed by atoms with Crippen LogP contribution in [0.2, 0.25) is 0 Å². The molecule has 0 aromatic rings. The molecule has 85 heavy (non-hydrogen) atoms. The van der Waals surface area contributed by atoms with Crippen LogP contribution in [0.15, 0.2) is 72.9 Å². The summed E-state index contributed by atoms with van der Waals surface area (Å²) in [5.74, 6) is -3.13. The van der Waals surface area contributed by atoms with E-state index in [4.69, 9.17) is 23.7 Å². The first-order chi connectivity index (χ1) is 41.6. The molecule has 6 atom stereocenters. The van der Waals surface area contributed by atoms with E-state index in [-0.39, 0.29) is 25.9 Å². The number of unbranched alkanes of at least 4 members (excludes halogenated alkanes) is 34. The Morgan fingerprint density at radius 3 is 1.09 bits per heavy atom. The van der Waals surface area contributed by atoms with Crippen LogP contribution < -0.4 is 0 Å². The van der Waals surface area contributed by atoms with Crippen LogP contribution >= 0.6 is 0 Å². The number of ether oxygens (including phenoxy) is 5. The zero-order chi connectivity index (χ0) is 61.7. The van der Waals surface area contributed by atoms with Gasteiger partial charge in [-0.1, -0.05) is 273 Å². The highest BCUT2D eigenvalue weighted by Crippen LogP contribution is 2.27. The molecule has 6 unspecified atom stereocenters. The predicted octanol–water partition coefficient (Wildman–Crippen LogP) is 19.2. The molecule has 490 valence electrons. The molecule has 0 saturated carbocycles. The van der Waals surface area contributed by atoms with Gasteiger partial charge in [0.25, 0.3) is 0 Å². The topological polar surface area (TPSA) is 175 Å². The number of carboxylic acids is 1. The summed E-state index contributed by atoms with van der Waals surface area (Å²) in [6.45, 7) is 5.98. The van der Waals surface area contributed by atoms with Crippen molar-refractivity contribution in [2.75, 3.05) is 13.2 Å². The fourth-order valence-corrected chi connectivity index (χ4v) is 10.4. The second kappa shape index (κ2) is 60.4. The smallest absolute Gasteiger partial charge is 0.335 e. The average Bonchev–Trinajstić information content (AvgIpc) is 3.51. The lowest BCUT2D eigenvalue weighted by Crippen LogP contribution is -2.61. The minimum absolute atomic E-state index is 0.0444. The first-order valence-corrected chi connectivity index (χ1v) is 34.9. The van der Waals surface area contributed by atoms with Gasteiger partial charge in [0, 0.05) is 19.3 Å². The third kappa shape index (κ3) is 49.8. The molecule has 0 spiro atoms. The average molecular weight is 1200 g/mol. The van der Waals surface area contributed by atoms with Gasteiger partial charge in [-0.25, -0.2) is 4.79 Å². The van der Waals surface area contributed by atoms with Crippen molar-refractivity contribution in [1.82, 2.24) is 0 Å². The lowest BCUT2D eigenvalue weighted by molar-refractivity contribution is -0.301. The standard InChI is InChI=1S/C73H126O12/c1-4-7-10-13-16-19-22-25-28-31-33-36-38-41-44-47-50-53-56-59-65(74)81-62-64(83-66(75)60-57-54-51-48-45-42-39-35-30-27-24-21-18-15-12-9-6-3)63-82-73-71(69(78)68(77)70(85-73)72(79)80)84-67(76)61-58-55-52-49-46-43-40-37-34-32-29-26-23-20-17-14-11-8-5-2/h16-17,19-20,25-26,28-29,33-34,36-37,64,68-71,73,77-78H,4-15,18,21-24,27,30-32,35,38-63H2,1-3H3,(H,79,80)/b19-16-,20-17-,28-25-,29-26-,36-33-,37-34-. The van der Waals surface area contributed by atoms with E-state index >= 15 is 0 Å². The summed E-state index contributed by atoms with van der Waals surface area (Å²) < 4.78 is 28.6. The van der Waals surface area contributed by atoms with Crippen LogP contribution in [0.4, 0.5) is 0 Å². The molecular formula is C73H126O12. The molecule has 12 nitrogen and oxygen atoms in total. The molecule has 1 aliphatic heterocycles. The molecule has 1 saturated heterocycles. The van der Waals surface area contributed by atoms with Crippen molar-refractivity contribution < 1.29 is 58.2 Å². The van der Waals surface area contributed by atoms with Crippen molar-refractivity contribution in [3.63, 3.8) is 0 Å². The lowest BCUT2D eigenvalue weighted by atomic mass is 9.98. The largest absolute Gasteiger partial charge is 0.479 e. The van der Waals surface area contributed by atoms with E-state index in [1.165, 1.54) is 135 Å². The van der Waals surface area contributed by atoms with Crippen molar-refractivity contribution in [2.45, 2.75) is 353 Å². The molecule has 0 bridgehead atoms. The molecule has 1 rings (SSSR count). The quantitative estimate of drug-likeness (QED) is 0.0228. The Balaban J connectivity index is 2.65. The monoisotopic (exact) mass is 1190 g/mol. The van der Waals surface area contributed by atoms with E-state index in [0.717, 1.165) is 122 Å². The number of aliphatic hydroxyl groups is 2. The van der Waals surface area contributed by atoms with Crippen molar-refractivity contribution in [2.24, 2.45) is 0 Å². The van der Waals surface area contributed by atoms with E-state index in [9.17, 15) is 34.5 Å². The van der Waals surface area contributed by atoms with Crippen LogP contribution in [0.1, 0.15) is 316 Å². The molecule has 0 amide bonds. The number of esters is 3. The van der Waals surface area contributed by atoms with Crippen molar-refractivity contribution in [3.05, 3.63) is 72.9 Å². The van der Waals surface area contributed by atoms with Gasteiger partial charge in [0.2, 0.25) is 0 Å². The van der Waals surface area contributed by atoms with Crippen LogP contribution in [0, 0.1) is 0 Å². The maximum atomic E-state index is 13.2. The van der Waals surface area contributed by atoms with Crippen LogP contribution in [-0.2, 0) is 42.9 Å². The normalized spacial score (nSPS) is 17.9. The van der Waals surface area contributed by atoms with E-state index in [1.807, 2.05) is 0 Å². The summed E-state index contributed by atoms with van der Waals surface area (Å²) in [6, 6.07) is 0. The Kier molecular flexibility index (Phi) is 56.3. The minimum atomic E-state index is -1.91. The Hall–Kier alpha value is -3.84. The maximum Gasteiger partial charge on any atom is 0.335 e. The van der Waals surface area contributed by atoms with Crippen molar-refractivity contribution in [3.8, 4) is 0 Å². The summed E-state index contributed by atoms with van der Waals surface area (Å²) in [4.78, 5) is 51.5. The highest BCUT2D eigenvalue weighted by molar-refractivity contribution is 5.74. The van der Waals surface area contributed by atoms with Gasteiger partial charge < -0.3 is 39.0 Å². The van der Waals surface area contributed by atoms with Gasteiger partial charge >= 0.3 is 23.9 Å². The van der Waals surface area contributed by atoms with Crippen LogP contribution in [-0.4, -0.2) is 89.2 Å². The second-order valence-electron chi connectivity index (χ2n) is 23.8. The molecule has 1 fully saturated rings. The number of aliphatic hydroxyl groups excluding tert-OH is 2. The summed E-state index contributed by atoms with van der Waals surface area (Å²) in [7, 11) is 0. The summed E-state index contributed by atoms with van der Waals surface area (Å²) in [5, 5.41) is 31.7. The van der Waals surface area contributed by atoms with Crippen LogP contribution in [0.25, 0.3) is 0 Å². The molecule has 0 aliphatic carbocycles. The fourth-order valence-electron chi connectivity index (χ4n) is 10.4. The van der Waals surface area contributed by atoms with Gasteiger partial charge in [0.05, 0.1) is 6.61 Å². The number of carbonyl (C=O) groups excluding carboxylic acids is 3. The van der Waals surface area contributed by atoms with E-state index in [1.54, 1.807) is 0 Å². The van der Waals surface area contributed by atoms with Crippen LogP contribution in [0.3, 0.4) is 0 Å². The number of carbonyl (C=O) groups is 4. The van der Waals surface area contributed by atoms with Gasteiger partial charge in [-0.15, -0.1) is 0 Å². The predicted molar refractivity (Wildman–Crippen MR) is 349 cm³/mol. The van der Waals surface area contributed by atoms with E-state index < -0.39 is 67.3 Å². The maximum absolute atomic E-state index is 13.2. The number of rotatable bonds is 60. The molecule has 1 heterocycles. The molecule has 0 aromatic carbocycles. The van der Waals surface area contributed by atoms with Crippen molar-refractivity contribution in [1.29, 1.82) is 0 Å². The Bertz CT molecular complexity index is 1750. The molecule has 12 heteroatoms. The lowest BCUT2D eigenvalue weighted by Gasteiger charge is -2.40. The highest BCUT2D eigenvalue weighted by Gasteiger charge is 2.50.